The van der Waals surface area contributed by atoms with Crippen LogP contribution in [0.15, 0.2) is 54.6 Å². The van der Waals surface area contributed by atoms with Crippen LogP contribution in [-0.2, 0) is 23.9 Å². The fraction of sp³-hybridized carbons (Fsp3) is 0.333. The van der Waals surface area contributed by atoms with Gasteiger partial charge in [-0.3, -0.25) is 4.79 Å². The van der Waals surface area contributed by atoms with Gasteiger partial charge < -0.3 is 15.5 Å². The molecule has 5 nitrogen and oxygen atoms in total. The van der Waals surface area contributed by atoms with E-state index in [1.165, 1.54) is 17.0 Å². The summed E-state index contributed by atoms with van der Waals surface area (Å²) in [6.07, 6.45) is -3.81. The van der Waals surface area contributed by atoms with Gasteiger partial charge in [-0.15, -0.1) is 0 Å². The van der Waals surface area contributed by atoms with Crippen LogP contribution in [0.25, 0.3) is 0 Å². The minimum atomic E-state index is -4.35. The first-order valence-corrected chi connectivity index (χ1v) is 9.21. The van der Waals surface area contributed by atoms with Gasteiger partial charge in [0.1, 0.15) is 0 Å². The Kier molecular flexibility index (Phi) is 8.06. The first-order chi connectivity index (χ1) is 13.8. The van der Waals surface area contributed by atoms with Crippen LogP contribution in [-0.4, -0.2) is 37.0 Å². The van der Waals surface area contributed by atoms with Crippen LogP contribution in [0.5, 0.6) is 0 Å². The van der Waals surface area contributed by atoms with E-state index in [-0.39, 0.29) is 24.9 Å². The van der Waals surface area contributed by atoms with E-state index >= 15 is 0 Å². The monoisotopic (exact) mass is 407 g/mol. The molecule has 8 heteroatoms. The summed E-state index contributed by atoms with van der Waals surface area (Å²) in [4.78, 5) is 25.4. The van der Waals surface area contributed by atoms with Gasteiger partial charge in [0.25, 0.3) is 0 Å². The second-order valence-corrected chi connectivity index (χ2v) is 6.62. The van der Waals surface area contributed by atoms with Crippen molar-refractivity contribution < 1.29 is 22.8 Å². The highest BCUT2D eigenvalue weighted by atomic mass is 19.4. The number of rotatable bonds is 8. The van der Waals surface area contributed by atoms with Crippen molar-refractivity contribution in [3.63, 3.8) is 0 Å². The van der Waals surface area contributed by atoms with Gasteiger partial charge in [-0.25, -0.2) is 4.79 Å². The highest BCUT2D eigenvalue weighted by Gasteiger charge is 2.29. The maximum atomic E-state index is 12.5. The third-order valence-corrected chi connectivity index (χ3v) is 4.25. The average Bonchev–Trinajstić information content (AvgIpc) is 2.68. The average molecular weight is 407 g/mol. The number of hydrogen-bond acceptors (Lipinski definition) is 2. The zero-order valence-corrected chi connectivity index (χ0v) is 16.1. The maximum absolute atomic E-state index is 12.5. The van der Waals surface area contributed by atoms with Crippen molar-refractivity contribution in [2.45, 2.75) is 25.6 Å². The molecule has 2 aromatic carbocycles. The molecule has 156 valence electrons. The molecular weight excluding hydrogens is 383 g/mol. The van der Waals surface area contributed by atoms with Gasteiger partial charge >= 0.3 is 12.2 Å². The molecule has 0 bridgehead atoms. The Morgan fingerprint density at radius 1 is 0.897 bits per heavy atom. The molecule has 2 N–H and O–H groups in total. The molecule has 0 radical (unpaired) electrons. The normalized spacial score (nSPS) is 11.0. The van der Waals surface area contributed by atoms with Crippen LogP contribution in [0.3, 0.4) is 0 Å². The number of nitrogens with zero attached hydrogens (tertiary/aromatic N) is 1. The standard InChI is InChI=1S/C21H24F3N3O2/c1-27(15-17-5-3-2-4-6-17)20(29)26-14-12-19(28)25-13-11-16-7-9-18(10-8-16)21(22,23)24/h2-10H,11-15H2,1H3,(H,25,28)(H,26,29). The molecule has 29 heavy (non-hydrogen) atoms. The Labute approximate surface area is 167 Å². The Bertz CT molecular complexity index is 793. The second kappa shape index (κ2) is 10.5. The highest BCUT2D eigenvalue weighted by molar-refractivity contribution is 5.78. The zero-order chi connectivity index (χ0) is 21.3. The maximum Gasteiger partial charge on any atom is 0.416 e. The summed E-state index contributed by atoms with van der Waals surface area (Å²) in [6, 6.07) is 14.1. The fourth-order valence-electron chi connectivity index (χ4n) is 2.64. The minimum absolute atomic E-state index is 0.123. The molecule has 0 atom stereocenters. The smallest absolute Gasteiger partial charge is 0.356 e. The molecule has 0 fully saturated rings. The third-order valence-electron chi connectivity index (χ3n) is 4.25. The Hall–Kier alpha value is -3.03. The molecule has 0 heterocycles. The lowest BCUT2D eigenvalue weighted by atomic mass is 10.1. The van der Waals surface area contributed by atoms with E-state index < -0.39 is 11.7 Å². The van der Waals surface area contributed by atoms with E-state index in [9.17, 15) is 22.8 Å². The van der Waals surface area contributed by atoms with Gasteiger partial charge in [0.05, 0.1) is 5.56 Å². The number of urea groups is 1. The van der Waals surface area contributed by atoms with E-state index in [1.807, 2.05) is 30.3 Å². The lowest BCUT2D eigenvalue weighted by Crippen LogP contribution is -2.39. The van der Waals surface area contributed by atoms with Crippen molar-refractivity contribution in [2.24, 2.45) is 0 Å². The molecular formula is C21H24F3N3O2. The molecule has 2 aromatic rings. The predicted molar refractivity (Wildman–Crippen MR) is 104 cm³/mol. The van der Waals surface area contributed by atoms with E-state index in [1.54, 1.807) is 7.05 Å². The zero-order valence-electron chi connectivity index (χ0n) is 16.1. The van der Waals surface area contributed by atoms with E-state index in [0.29, 0.717) is 25.1 Å². The predicted octanol–water partition coefficient (Wildman–Crippen LogP) is 3.60. The van der Waals surface area contributed by atoms with Gasteiger partial charge in [0, 0.05) is 33.1 Å². The molecule has 3 amide bonds. The summed E-state index contributed by atoms with van der Waals surface area (Å²) < 4.78 is 37.6. The summed E-state index contributed by atoms with van der Waals surface area (Å²) in [5.74, 6) is -0.233. The number of carbonyl (C=O) groups is 2. The van der Waals surface area contributed by atoms with Gasteiger partial charge in [-0.2, -0.15) is 13.2 Å². The first kappa shape index (κ1) is 22.3. The largest absolute Gasteiger partial charge is 0.416 e. The summed E-state index contributed by atoms with van der Waals surface area (Å²) in [5.41, 5.74) is 1.01. The number of nitrogens with one attached hydrogen (secondary N) is 2. The molecule has 0 saturated heterocycles. The van der Waals surface area contributed by atoms with Crippen LogP contribution in [0.4, 0.5) is 18.0 Å². The second-order valence-electron chi connectivity index (χ2n) is 6.62. The molecule has 0 aromatic heterocycles. The number of alkyl halides is 3. The number of carbonyl (C=O) groups excluding carboxylic acids is 2. The molecule has 0 aliphatic rings. The first-order valence-electron chi connectivity index (χ1n) is 9.21. The molecule has 0 spiro atoms. The van der Waals surface area contributed by atoms with Crippen molar-refractivity contribution in [3.05, 3.63) is 71.3 Å². The molecule has 2 rings (SSSR count). The van der Waals surface area contributed by atoms with Gasteiger partial charge in [-0.1, -0.05) is 42.5 Å². The minimum Gasteiger partial charge on any atom is -0.356 e. The lowest BCUT2D eigenvalue weighted by molar-refractivity contribution is -0.137. The van der Waals surface area contributed by atoms with Crippen LogP contribution >= 0.6 is 0 Å². The summed E-state index contributed by atoms with van der Waals surface area (Å²) >= 11 is 0. The van der Waals surface area contributed by atoms with Gasteiger partial charge in [0.2, 0.25) is 5.91 Å². The summed E-state index contributed by atoms with van der Waals surface area (Å²) in [7, 11) is 1.67. The van der Waals surface area contributed by atoms with Crippen molar-refractivity contribution in [2.75, 3.05) is 20.1 Å². The number of amides is 3. The van der Waals surface area contributed by atoms with Crippen LogP contribution in [0, 0.1) is 0 Å². The van der Waals surface area contributed by atoms with E-state index in [0.717, 1.165) is 17.7 Å². The van der Waals surface area contributed by atoms with Gasteiger partial charge in [0.15, 0.2) is 0 Å². The highest BCUT2D eigenvalue weighted by Crippen LogP contribution is 2.29. The van der Waals surface area contributed by atoms with Crippen molar-refractivity contribution in [3.8, 4) is 0 Å². The van der Waals surface area contributed by atoms with E-state index in [2.05, 4.69) is 10.6 Å². The fourth-order valence-corrected chi connectivity index (χ4v) is 2.64. The topological polar surface area (TPSA) is 61.4 Å². The van der Waals surface area contributed by atoms with Crippen molar-refractivity contribution in [1.29, 1.82) is 0 Å². The Morgan fingerprint density at radius 3 is 2.17 bits per heavy atom. The number of hydrogen-bond donors (Lipinski definition) is 2. The quantitative estimate of drug-likeness (QED) is 0.703. The summed E-state index contributed by atoms with van der Waals surface area (Å²) in [5, 5.41) is 5.37. The number of benzene rings is 2. The van der Waals surface area contributed by atoms with Crippen LogP contribution in [0.2, 0.25) is 0 Å². The SMILES string of the molecule is CN(Cc1ccccc1)C(=O)NCCC(=O)NCCc1ccc(C(F)(F)F)cc1. The van der Waals surface area contributed by atoms with Crippen LogP contribution < -0.4 is 10.6 Å². The van der Waals surface area contributed by atoms with E-state index in [4.69, 9.17) is 0 Å². The molecule has 0 saturated carbocycles. The number of halogens is 3. The Morgan fingerprint density at radius 2 is 1.55 bits per heavy atom. The van der Waals surface area contributed by atoms with Crippen LogP contribution in [0.1, 0.15) is 23.1 Å². The Balaban J connectivity index is 1.62. The van der Waals surface area contributed by atoms with Gasteiger partial charge in [-0.05, 0) is 29.7 Å². The molecule has 0 aliphatic heterocycles. The summed E-state index contributed by atoms with van der Waals surface area (Å²) in [6.45, 7) is 0.974. The van der Waals surface area contributed by atoms with Crippen molar-refractivity contribution >= 4 is 11.9 Å². The molecule has 0 aliphatic carbocycles. The lowest BCUT2D eigenvalue weighted by Gasteiger charge is -2.18. The van der Waals surface area contributed by atoms with Crippen molar-refractivity contribution in [1.82, 2.24) is 15.5 Å². The molecule has 0 unspecified atom stereocenters. The third kappa shape index (κ3) is 7.85.